The number of fused-ring (bicyclic) bond motifs is 3. The molecule has 0 aliphatic carbocycles. The molecule has 2 aliphatic heterocycles. The van der Waals surface area contributed by atoms with Crippen molar-refractivity contribution >= 4 is 27.5 Å². The third-order valence-corrected chi connectivity index (χ3v) is 7.69. The van der Waals surface area contributed by atoms with E-state index in [1.165, 1.54) is 43.6 Å². The van der Waals surface area contributed by atoms with Gasteiger partial charge in [0.2, 0.25) is 11.8 Å². The SMILES string of the molecule is COc1cc(-c2c(F)cc(-c3cnc(N(C)C4C[C@H]5CC[C@@H](C4)N5)nn3)c3scnc23)cnn1. The normalized spacial score (nSPS) is 21.7. The van der Waals surface area contributed by atoms with Crippen LogP contribution in [0, 0.1) is 5.82 Å². The van der Waals surface area contributed by atoms with E-state index in [0.29, 0.717) is 57.9 Å². The molecule has 9 nitrogen and oxygen atoms in total. The Morgan fingerprint density at radius 2 is 1.91 bits per heavy atom. The van der Waals surface area contributed by atoms with Crippen molar-refractivity contribution in [3.63, 3.8) is 0 Å². The van der Waals surface area contributed by atoms with Crippen LogP contribution >= 0.6 is 11.3 Å². The fourth-order valence-corrected chi connectivity index (χ4v) is 5.92. The first-order valence-corrected chi connectivity index (χ1v) is 12.1. The molecule has 3 aromatic heterocycles. The van der Waals surface area contributed by atoms with E-state index >= 15 is 4.39 Å². The summed E-state index contributed by atoms with van der Waals surface area (Å²) in [4.78, 5) is 11.1. The van der Waals surface area contributed by atoms with Gasteiger partial charge in [-0.1, -0.05) is 0 Å². The molecule has 11 heteroatoms. The number of thiazole rings is 1. The van der Waals surface area contributed by atoms with Crippen LogP contribution < -0.4 is 15.0 Å². The molecule has 2 aliphatic rings. The van der Waals surface area contributed by atoms with Gasteiger partial charge in [0.05, 0.1) is 35.2 Å². The maximum Gasteiger partial charge on any atom is 0.245 e. The molecule has 2 fully saturated rings. The highest BCUT2D eigenvalue weighted by Crippen LogP contribution is 2.39. The quantitative estimate of drug-likeness (QED) is 0.462. The summed E-state index contributed by atoms with van der Waals surface area (Å²) in [5.41, 5.74) is 4.24. The van der Waals surface area contributed by atoms with Crippen LogP contribution in [0.2, 0.25) is 0 Å². The number of nitrogens with one attached hydrogen (secondary N) is 1. The molecule has 1 unspecified atom stereocenters. The van der Waals surface area contributed by atoms with Gasteiger partial charge in [0.25, 0.3) is 0 Å². The van der Waals surface area contributed by atoms with Gasteiger partial charge in [0.15, 0.2) is 0 Å². The highest BCUT2D eigenvalue weighted by molar-refractivity contribution is 7.17. The van der Waals surface area contributed by atoms with Crippen LogP contribution in [-0.2, 0) is 0 Å². The molecule has 0 radical (unpaired) electrons. The summed E-state index contributed by atoms with van der Waals surface area (Å²) in [6.07, 6.45) is 7.81. The topological polar surface area (TPSA) is 102 Å². The lowest BCUT2D eigenvalue weighted by Gasteiger charge is -2.35. The average Bonchev–Trinajstić information content (AvgIpc) is 3.49. The van der Waals surface area contributed by atoms with E-state index in [9.17, 15) is 0 Å². The number of hydrogen-bond donors (Lipinski definition) is 1. The van der Waals surface area contributed by atoms with Crippen molar-refractivity contribution in [1.29, 1.82) is 0 Å². The Hall–Kier alpha value is -3.31. The minimum atomic E-state index is -0.434. The zero-order valence-electron chi connectivity index (χ0n) is 18.8. The van der Waals surface area contributed by atoms with Gasteiger partial charge in [-0.05, 0) is 31.7 Å². The second-order valence-electron chi connectivity index (χ2n) is 8.82. The Kier molecular flexibility index (Phi) is 5.30. The molecule has 4 aromatic rings. The molecule has 2 saturated heterocycles. The summed E-state index contributed by atoms with van der Waals surface area (Å²) in [5, 5.41) is 20.3. The first-order valence-electron chi connectivity index (χ1n) is 11.2. The largest absolute Gasteiger partial charge is 0.480 e. The molecule has 34 heavy (non-hydrogen) atoms. The van der Waals surface area contributed by atoms with Crippen LogP contribution in [-0.4, -0.2) is 62.6 Å². The van der Waals surface area contributed by atoms with Crippen LogP contribution in [0.5, 0.6) is 5.88 Å². The van der Waals surface area contributed by atoms with E-state index in [2.05, 4.69) is 40.6 Å². The predicted octanol–water partition coefficient (Wildman–Crippen LogP) is 3.47. The van der Waals surface area contributed by atoms with Crippen molar-refractivity contribution < 1.29 is 9.13 Å². The minimum absolute atomic E-state index is 0.306. The predicted molar refractivity (Wildman–Crippen MR) is 127 cm³/mol. The zero-order chi connectivity index (χ0) is 23.2. The van der Waals surface area contributed by atoms with Crippen LogP contribution in [0.3, 0.4) is 0 Å². The lowest BCUT2D eigenvalue weighted by molar-refractivity contribution is 0.352. The first-order chi connectivity index (χ1) is 16.6. The Bertz CT molecular complexity index is 1330. The van der Waals surface area contributed by atoms with Crippen molar-refractivity contribution in [2.24, 2.45) is 0 Å². The Balaban J connectivity index is 1.33. The molecule has 3 atom stereocenters. The third kappa shape index (κ3) is 3.64. The number of benzene rings is 1. The smallest absolute Gasteiger partial charge is 0.245 e. The maximum atomic E-state index is 15.4. The van der Waals surface area contributed by atoms with Gasteiger partial charge in [-0.15, -0.1) is 26.6 Å². The summed E-state index contributed by atoms with van der Waals surface area (Å²) in [6.45, 7) is 0. The minimum Gasteiger partial charge on any atom is -0.480 e. The number of aromatic nitrogens is 6. The summed E-state index contributed by atoms with van der Waals surface area (Å²) >= 11 is 1.42. The fourth-order valence-electron chi connectivity index (χ4n) is 5.10. The number of nitrogens with zero attached hydrogens (tertiary/aromatic N) is 7. The number of methoxy groups -OCH3 is 1. The highest BCUT2D eigenvalue weighted by Gasteiger charge is 2.35. The number of rotatable bonds is 5. The fraction of sp³-hybridized carbons (Fsp3) is 0.391. The monoisotopic (exact) mass is 478 g/mol. The van der Waals surface area contributed by atoms with Gasteiger partial charge in [-0.25, -0.2) is 14.4 Å². The number of halogens is 1. The second-order valence-corrected chi connectivity index (χ2v) is 9.67. The molecule has 1 aromatic carbocycles. The van der Waals surface area contributed by atoms with Gasteiger partial charge in [0.1, 0.15) is 11.5 Å². The molecule has 174 valence electrons. The second kappa shape index (κ2) is 8.48. The highest BCUT2D eigenvalue weighted by atomic mass is 32.1. The number of anilines is 1. The summed E-state index contributed by atoms with van der Waals surface area (Å²) < 4.78 is 21.3. The average molecular weight is 479 g/mol. The third-order valence-electron chi connectivity index (χ3n) is 6.83. The number of ether oxygens (including phenoxy) is 1. The number of hydrogen-bond acceptors (Lipinski definition) is 10. The van der Waals surface area contributed by atoms with Gasteiger partial charge >= 0.3 is 0 Å². The van der Waals surface area contributed by atoms with Gasteiger partial charge in [0, 0.05) is 47.9 Å². The lowest BCUT2D eigenvalue weighted by Crippen LogP contribution is -2.47. The van der Waals surface area contributed by atoms with E-state index < -0.39 is 5.82 Å². The molecule has 1 N–H and O–H groups in total. The van der Waals surface area contributed by atoms with Crippen LogP contribution in [0.15, 0.2) is 30.0 Å². The van der Waals surface area contributed by atoms with Crippen molar-refractivity contribution in [2.75, 3.05) is 19.1 Å². The summed E-state index contributed by atoms with van der Waals surface area (Å²) in [7, 11) is 3.52. The number of piperidine rings is 1. The maximum absolute atomic E-state index is 15.4. The van der Waals surface area contributed by atoms with Crippen molar-refractivity contribution in [3.8, 4) is 28.3 Å². The molecule has 5 heterocycles. The van der Waals surface area contributed by atoms with Gasteiger partial charge in [-0.3, -0.25) is 0 Å². The van der Waals surface area contributed by atoms with E-state index in [0.717, 1.165) is 17.5 Å². The summed E-state index contributed by atoms with van der Waals surface area (Å²) in [6, 6.07) is 4.65. The van der Waals surface area contributed by atoms with E-state index in [4.69, 9.17) is 4.74 Å². The lowest BCUT2D eigenvalue weighted by atomic mass is 9.99. The molecular weight excluding hydrogens is 455 g/mol. The van der Waals surface area contributed by atoms with E-state index in [1.807, 2.05) is 7.05 Å². The van der Waals surface area contributed by atoms with Crippen LogP contribution in [0.25, 0.3) is 32.6 Å². The van der Waals surface area contributed by atoms with E-state index in [-0.39, 0.29) is 0 Å². The first kappa shape index (κ1) is 21.2. The molecule has 0 spiro atoms. The van der Waals surface area contributed by atoms with Crippen LogP contribution in [0.1, 0.15) is 25.7 Å². The van der Waals surface area contributed by atoms with Crippen LogP contribution in [0.4, 0.5) is 10.3 Å². The van der Waals surface area contributed by atoms with Gasteiger partial charge < -0.3 is 15.0 Å². The van der Waals surface area contributed by atoms with Crippen molar-refractivity contribution in [2.45, 2.75) is 43.8 Å². The Morgan fingerprint density at radius 3 is 2.65 bits per heavy atom. The summed E-state index contributed by atoms with van der Waals surface area (Å²) in [5.74, 6) is 0.458. The van der Waals surface area contributed by atoms with E-state index in [1.54, 1.807) is 17.8 Å². The Morgan fingerprint density at radius 1 is 1.09 bits per heavy atom. The molecule has 0 amide bonds. The zero-order valence-corrected chi connectivity index (χ0v) is 19.6. The van der Waals surface area contributed by atoms with Crippen molar-refractivity contribution in [1.82, 2.24) is 35.7 Å². The van der Waals surface area contributed by atoms with Gasteiger partial charge in [-0.2, -0.15) is 5.10 Å². The molecular formula is C23H23FN8OS. The molecule has 6 rings (SSSR count). The molecule has 2 bridgehead atoms. The van der Waals surface area contributed by atoms with Crippen molar-refractivity contribution in [3.05, 3.63) is 35.9 Å². The molecule has 0 saturated carbocycles. The Labute approximate surface area is 199 Å². The standard InChI is InChI=1S/C23H23FN8OS/c1-32(15-6-13-3-4-14(7-15)28-13)23-25-10-18(29-31-23)16-8-17(24)20(21-22(16)34-11-26-21)12-5-19(33-2)30-27-9-12/h5,8-11,13-15,28H,3-4,6-7H2,1-2H3/t13-,14+,15?.